The quantitative estimate of drug-likeness (QED) is 0.0642. The van der Waals surface area contributed by atoms with E-state index in [1.54, 1.807) is 41.5 Å². The minimum atomic E-state index is -4.45. The average molecular weight is 889 g/mol. The van der Waals surface area contributed by atoms with E-state index in [-0.39, 0.29) is 11.1 Å². The molecule has 336 valence electrons. The van der Waals surface area contributed by atoms with Gasteiger partial charge in [-0.25, -0.2) is 0 Å². The van der Waals surface area contributed by atoms with Gasteiger partial charge < -0.3 is 30.6 Å². The highest BCUT2D eigenvalue weighted by Crippen LogP contribution is 2.82. The molecule has 1 aliphatic rings. The Morgan fingerprint density at radius 1 is 0.258 bits per heavy atom. The predicted molar refractivity (Wildman–Crippen MR) is 243 cm³/mol. The summed E-state index contributed by atoms with van der Waals surface area (Å²) in [6.45, 7) is 9.86. The van der Waals surface area contributed by atoms with E-state index in [2.05, 4.69) is 0 Å². The van der Waals surface area contributed by atoms with Gasteiger partial charge in [0.1, 0.15) is 21.7 Å². The molecule has 1 aliphatic carbocycles. The molecule has 6 aromatic carbocycles. The second kappa shape index (κ2) is 16.0. The minimum absolute atomic E-state index is 0.338. The zero-order valence-corrected chi connectivity index (χ0v) is 37.0. The lowest BCUT2D eigenvalue weighted by Crippen LogP contribution is -2.94. The third-order valence-corrected chi connectivity index (χ3v) is 14.2. The smallest absolute Gasteiger partial charge is 0.324 e. The maximum absolute atomic E-state index is 16.2. The summed E-state index contributed by atoms with van der Waals surface area (Å²) in [5.41, 5.74) is -23.5. The zero-order valence-electron chi connectivity index (χ0n) is 37.0. The van der Waals surface area contributed by atoms with Crippen LogP contribution in [0.2, 0.25) is 0 Å². The Morgan fingerprint density at radius 2 is 0.455 bits per heavy atom. The van der Waals surface area contributed by atoms with Gasteiger partial charge in [-0.05, 0) is 74.9 Å². The molecule has 12 heteroatoms. The molecule has 0 bridgehead atoms. The van der Waals surface area contributed by atoms with E-state index in [9.17, 15) is 30.6 Å². The summed E-state index contributed by atoms with van der Waals surface area (Å²) in [6.07, 6.45) is 0. The number of carboxylic acids is 6. The molecule has 1 fully saturated rings. The van der Waals surface area contributed by atoms with Crippen LogP contribution < -0.4 is 0 Å². The van der Waals surface area contributed by atoms with Gasteiger partial charge in [0.25, 0.3) is 0 Å². The predicted octanol–water partition coefficient (Wildman–Crippen LogP) is 8.08. The molecule has 0 radical (unpaired) electrons. The summed E-state index contributed by atoms with van der Waals surface area (Å²) >= 11 is 0. The van der Waals surface area contributed by atoms with E-state index >= 15 is 28.8 Å². The van der Waals surface area contributed by atoms with Crippen LogP contribution in [0.5, 0.6) is 0 Å². The van der Waals surface area contributed by atoms with E-state index in [4.69, 9.17) is 0 Å². The molecule has 0 aliphatic heterocycles. The topological polar surface area (TPSA) is 224 Å². The van der Waals surface area contributed by atoms with Gasteiger partial charge in [-0.3, -0.25) is 28.8 Å². The summed E-state index contributed by atoms with van der Waals surface area (Å²) in [7, 11) is 0. The first-order valence-corrected chi connectivity index (χ1v) is 21.0. The van der Waals surface area contributed by atoms with Crippen molar-refractivity contribution in [3.63, 3.8) is 0 Å². The van der Waals surface area contributed by atoms with Gasteiger partial charge in [-0.2, -0.15) is 0 Å². The summed E-state index contributed by atoms with van der Waals surface area (Å²) in [5.74, 6) is -14.2. The molecular formula is C54H48O12. The normalized spacial score (nSPS) is 23.0. The van der Waals surface area contributed by atoms with E-state index in [1.807, 2.05) is 0 Å². The van der Waals surface area contributed by atoms with E-state index in [1.165, 1.54) is 109 Å². The van der Waals surface area contributed by atoms with Crippen molar-refractivity contribution in [2.24, 2.45) is 5.41 Å². The Morgan fingerprint density at radius 3 is 0.682 bits per heavy atom. The summed E-state index contributed by atoms with van der Waals surface area (Å²) in [5, 5.41) is 76.6. The van der Waals surface area contributed by atoms with Crippen molar-refractivity contribution >= 4 is 35.8 Å². The molecule has 0 spiro atoms. The van der Waals surface area contributed by atoms with Gasteiger partial charge >= 0.3 is 35.8 Å². The van der Waals surface area contributed by atoms with Crippen LogP contribution in [-0.2, 0) is 55.8 Å². The Labute approximate surface area is 380 Å². The number of hydrogen-bond acceptors (Lipinski definition) is 6. The fourth-order valence-corrected chi connectivity index (χ4v) is 11.8. The molecule has 6 N–H and O–H groups in total. The first-order chi connectivity index (χ1) is 31.2. The van der Waals surface area contributed by atoms with Crippen molar-refractivity contribution in [3.8, 4) is 0 Å². The highest BCUT2D eigenvalue weighted by atomic mass is 16.4. The molecule has 4 atom stereocenters. The van der Waals surface area contributed by atoms with Crippen LogP contribution in [-0.4, -0.2) is 66.5 Å². The lowest BCUT2D eigenvalue weighted by molar-refractivity contribution is -0.231. The number of hydrogen-bond donors (Lipinski definition) is 6. The third-order valence-electron chi connectivity index (χ3n) is 14.2. The van der Waals surface area contributed by atoms with E-state index < -0.39 is 90.6 Å². The molecule has 6 aromatic rings. The Kier molecular flexibility index (Phi) is 11.2. The zero-order chi connectivity index (χ0) is 48.4. The van der Waals surface area contributed by atoms with Crippen molar-refractivity contribution in [2.45, 2.75) is 68.6 Å². The second-order valence-corrected chi connectivity index (χ2v) is 17.5. The fraction of sp³-hybridized carbons (Fsp3) is 0.222. The van der Waals surface area contributed by atoms with Crippen LogP contribution in [0, 0.1) is 47.0 Å². The second-order valence-electron chi connectivity index (χ2n) is 17.5. The largest absolute Gasteiger partial charge is 0.481 e. The maximum Gasteiger partial charge on any atom is 0.324 e. The van der Waals surface area contributed by atoms with Crippen molar-refractivity contribution in [1.29, 1.82) is 0 Å². The molecule has 0 saturated heterocycles. The molecule has 7 rings (SSSR count). The van der Waals surface area contributed by atoms with Crippen molar-refractivity contribution < 1.29 is 59.4 Å². The standard InChI is InChI=1S/C54H48O12/c1-31-7-19-37(20-8-31)49(38-21-9-32(2)10-22-38)50(43(55)56,39-23-11-33(3)12-24-39)52(45(59)60,41-27-15-35(5)16-28-41)53(46(61)62,42-29-17-36(6)18-30-42)54(47(63)64,48(65)66)51(49,44(57)58)40-25-13-34(4)14-26-40/h7-30H,1-6H3,(H,55,56)(H,57,58)(H,59,60)(H,61,62)(H,63,64)(H,65,66). The SMILES string of the molecule is Cc1ccc(C2(C(=O)O)C(C(=O)O)(C(=O)O)C(C(=O)O)(c3ccc(C)cc3)C(c3ccc(C)cc3)(c3ccc(C)cc3)C(C(=O)O)(c3ccc(C)cc3)C2(C(=O)O)c2ccc(C)cc2)cc1. The maximum atomic E-state index is 16.2. The Balaban J connectivity index is 2.15. The molecule has 0 aromatic heterocycles. The van der Waals surface area contributed by atoms with Crippen LogP contribution in [0.4, 0.5) is 0 Å². The molecule has 1 saturated carbocycles. The lowest BCUT2D eigenvalue weighted by Gasteiger charge is -2.74. The molecule has 0 amide bonds. The van der Waals surface area contributed by atoms with Crippen LogP contribution in [0.1, 0.15) is 66.8 Å². The van der Waals surface area contributed by atoms with Gasteiger partial charge in [-0.15, -0.1) is 0 Å². The summed E-state index contributed by atoms with van der Waals surface area (Å²) < 4.78 is 0. The molecular weight excluding hydrogens is 841 g/mol. The van der Waals surface area contributed by atoms with Crippen LogP contribution in [0.15, 0.2) is 146 Å². The van der Waals surface area contributed by atoms with E-state index in [0.717, 1.165) is 36.4 Å². The Hall–Kier alpha value is -7.86. The van der Waals surface area contributed by atoms with Crippen LogP contribution in [0.3, 0.4) is 0 Å². The molecule has 4 unspecified atom stereocenters. The number of benzene rings is 6. The Bertz CT molecular complexity index is 2800. The molecule has 66 heavy (non-hydrogen) atoms. The average Bonchev–Trinajstić information content (AvgIpc) is 3.26. The third kappa shape index (κ3) is 5.38. The van der Waals surface area contributed by atoms with Crippen LogP contribution in [0.25, 0.3) is 0 Å². The summed E-state index contributed by atoms with van der Waals surface area (Å²) in [6, 6.07) is 31.6. The first-order valence-electron chi connectivity index (χ1n) is 21.0. The molecule has 0 heterocycles. The van der Waals surface area contributed by atoms with Gasteiger partial charge in [0.05, 0.1) is 5.41 Å². The van der Waals surface area contributed by atoms with Crippen molar-refractivity contribution in [3.05, 3.63) is 212 Å². The van der Waals surface area contributed by atoms with Crippen molar-refractivity contribution in [2.75, 3.05) is 0 Å². The number of carbonyl (C=O) groups is 6. The number of rotatable bonds is 12. The monoisotopic (exact) mass is 888 g/mol. The minimum Gasteiger partial charge on any atom is -0.481 e. The molecule has 12 nitrogen and oxygen atoms in total. The number of carboxylic acid groups (broad SMARTS) is 6. The van der Waals surface area contributed by atoms with Crippen molar-refractivity contribution in [1.82, 2.24) is 0 Å². The van der Waals surface area contributed by atoms with Crippen LogP contribution >= 0.6 is 0 Å². The van der Waals surface area contributed by atoms with Gasteiger partial charge in [-0.1, -0.05) is 179 Å². The lowest BCUT2D eigenvalue weighted by atomic mass is 9.19. The van der Waals surface area contributed by atoms with Gasteiger partial charge in [0, 0.05) is 0 Å². The van der Waals surface area contributed by atoms with Gasteiger partial charge in [0.2, 0.25) is 5.41 Å². The summed E-state index contributed by atoms with van der Waals surface area (Å²) in [4.78, 5) is 95.1. The number of aliphatic carboxylic acids is 6. The highest BCUT2D eigenvalue weighted by Gasteiger charge is 3.01. The number of aryl methyl sites for hydroxylation is 6. The van der Waals surface area contributed by atoms with Gasteiger partial charge in [0.15, 0.2) is 0 Å². The first kappa shape index (κ1) is 46.1. The highest BCUT2D eigenvalue weighted by molar-refractivity contribution is 6.21. The van der Waals surface area contributed by atoms with E-state index in [0.29, 0.717) is 33.4 Å². The fourth-order valence-electron chi connectivity index (χ4n) is 11.8.